The summed E-state index contributed by atoms with van der Waals surface area (Å²) in [4.78, 5) is 21.4. The van der Waals surface area contributed by atoms with Crippen molar-refractivity contribution in [1.29, 1.82) is 0 Å². The van der Waals surface area contributed by atoms with Gasteiger partial charge in [-0.05, 0) is 30.7 Å². The molecule has 1 aromatic rings. The molecule has 5 heteroatoms. The van der Waals surface area contributed by atoms with E-state index in [1.54, 1.807) is 37.3 Å². The summed E-state index contributed by atoms with van der Waals surface area (Å²) in [5.41, 5.74) is 0.782. The van der Waals surface area contributed by atoms with Crippen LogP contribution < -0.4 is 4.74 Å². The second kappa shape index (κ2) is 9.36. The molecule has 0 aliphatic rings. The standard InChI is InChI=1S/C16H18O5/c1-2-4-16(19)21-12-3-11-20-14-8-5-13(6-9-14)7-10-15(17)18/h2,4-10H,3,11-12H2,1H3,(H,17,18)/b4-2+,10-7+. The molecule has 0 saturated heterocycles. The molecule has 0 heterocycles. The summed E-state index contributed by atoms with van der Waals surface area (Å²) >= 11 is 0. The number of carboxylic acid groups (broad SMARTS) is 1. The van der Waals surface area contributed by atoms with E-state index in [-0.39, 0.29) is 5.97 Å². The SMILES string of the molecule is C/C=C/C(=O)OCCCOc1ccc(/C=C/C(=O)O)cc1. The van der Waals surface area contributed by atoms with Crippen LogP contribution in [0.1, 0.15) is 18.9 Å². The van der Waals surface area contributed by atoms with Gasteiger partial charge in [0.1, 0.15) is 5.75 Å². The minimum Gasteiger partial charge on any atom is -0.493 e. The zero-order valence-electron chi connectivity index (χ0n) is 11.8. The van der Waals surface area contributed by atoms with Crippen molar-refractivity contribution >= 4 is 18.0 Å². The van der Waals surface area contributed by atoms with Crippen molar-refractivity contribution < 1.29 is 24.2 Å². The summed E-state index contributed by atoms with van der Waals surface area (Å²) in [6.45, 7) is 2.50. The molecule has 0 bridgehead atoms. The molecule has 0 aliphatic heterocycles. The van der Waals surface area contributed by atoms with Crippen LogP contribution in [0.2, 0.25) is 0 Å². The molecule has 0 spiro atoms. The molecule has 21 heavy (non-hydrogen) atoms. The largest absolute Gasteiger partial charge is 0.493 e. The second-order valence-electron chi connectivity index (χ2n) is 4.11. The van der Waals surface area contributed by atoms with Crippen LogP contribution in [0.4, 0.5) is 0 Å². The van der Waals surface area contributed by atoms with Crippen molar-refractivity contribution in [2.75, 3.05) is 13.2 Å². The number of benzene rings is 1. The van der Waals surface area contributed by atoms with Crippen molar-refractivity contribution in [2.45, 2.75) is 13.3 Å². The molecule has 1 rings (SSSR count). The van der Waals surface area contributed by atoms with Crippen LogP contribution in [-0.2, 0) is 14.3 Å². The van der Waals surface area contributed by atoms with E-state index < -0.39 is 5.97 Å². The van der Waals surface area contributed by atoms with Crippen LogP contribution in [0.25, 0.3) is 6.08 Å². The van der Waals surface area contributed by atoms with Crippen molar-refractivity contribution in [3.05, 3.63) is 48.1 Å². The van der Waals surface area contributed by atoms with E-state index in [9.17, 15) is 9.59 Å². The number of carbonyl (C=O) groups excluding carboxylic acids is 1. The Labute approximate surface area is 123 Å². The number of rotatable bonds is 8. The van der Waals surface area contributed by atoms with Crippen LogP contribution in [0.15, 0.2) is 42.5 Å². The van der Waals surface area contributed by atoms with Gasteiger partial charge >= 0.3 is 11.9 Å². The maximum absolute atomic E-state index is 11.0. The fourth-order valence-electron chi connectivity index (χ4n) is 1.45. The zero-order chi connectivity index (χ0) is 15.5. The Bertz CT molecular complexity index is 514. The fourth-order valence-corrected chi connectivity index (χ4v) is 1.45. The van der Waals surface area contributed by atoms with Gasteiger partial charge < -0.3 is 14.6 Å². The fraction of sp³-hybridized carbons (Fsp3) is 0.250. The summed E-state index contributed by atoms with van der Waals surface area (Å²) in [6, 6.07) is 7.04. The Kier molecular flexibility index (Phi) is 7.35. The number of hydrogen-bond acceptors (Lipinski definition) is 4. The summed E-state index contributed by atoms with van der Waals surface area (Å²) in [5, 5.41) is 8.52. The molecule has 0 aliphatic carbocycles. The predicted molar refractivity (Wildman–Crippen MR) is 79.0 cm³/mol. The summed E-state index contributed by atoms with van der Waals surface area (Å²) in [7, 11) is 0. The number of aliphatic carboxylic acids is 1. The van der Waals surface area contributed by atoms with Crippen molar-refractivity contribution in [1.82, 2.24) is 0 Å². The third kappa shape index (κ3) is 7.57. The maximum atomic E-state index is 11.0. The maximum Gasteiger partial charge on any atom is 0.330 e. The highest BCUT2D eigenvalue weighted by atomic mass is 16.5. The van der Waals surface area contributed by atoms with Crippen LogP contribution in [0.5, 0.6) is 5.75 Å². The van der Waals surface area contributed by atoms with Gasteiger partial charge in [0.05, 0.1) is 13.2 Å². The highest BCUT2D eigenvalue weighted by molar-refractivity contribution is 5.85. The van der Waals surface area contributed by atoms with Gasteiger partial charge in [-0.15, -0.1) is 0 Å². The molecule has 1 N–H and O–H groups in total. The summed E-state index contributed by atoms with van der Waals surface area (Å²) in [6.07, 6.45) is 6.18. The molecular formula is C16H18O5. The highest BCUT2D eigenvalue weighted by Crippen LogP contribution is 2.13. The lowest BCUT2D eigenvalue weighted by Gasteiger charge is -2.06. The molecule has 0 saturated carbocycles. The van der Waals surface area contributed by atoms with Gasteiger partial charge in [-0.2, -0.15) is 0 Å². The van der Waals surface area contributed by atoms with Crippen LogP contribution >= 0.6 is 0 Å². The third-order valence-electron chi connectivity index (χ3n) is 2.40. The van der Waals surface area contributed by atoms with Crippen molar-refractivity contribution in [3.63, 3.8) is 0 Å². The Morgan fingerprint density at radius 1 is 1.14 bits per heavy atom. The van der Waals surface area contributed by atoms with Gasteiger partial charge in [0, 0.05) is 18.6 Å². The van der Waals surface area contributed by atoms with Gasteiger partial charge in [-0.25, -0.2) is 9.59 Å². The molecule has 1 aromatic carbocycles. The summed E-state index contributed by atoms with van der Waals surface area (Å²) in [5.74, 6) is -0.655. The van der Waals surface area contributed by atoms with E-state index in [0.29, 0.717) is 25.4 Å². The van der Waals surface area contributed by atoms with Crippen LogP contribution in [-0.4, -0.2) is 30.3 Å². The lowest BCUT2D eigenvalue weighted by Crippen LogP contribution is -2.06. The second-order valence-corrected chi connectivity index (χ2v) is 4.11. The monoisotopic (exact) mass is 290 g/mol. The number of allylic oxidation sites excluding steroid dienone is 1. The first-order valence-electron chi connectivity index (χ1n) is 6.55. The van der Waals surface area contributed by atoms with Crippen molar-refractivity contribution in [2.24, 2.45) is 0 Å². The molecule has 5 nitrogen and oxygen atoms in total. The molecule has 0 atom stereocenters. The average molecular weight is 290 g/mol. The lowest BCUT2D eigenvalue weighted by atomic mass is 10.2. The quantitative estimate of drug-likeness (QED) is 0.452. The average Bonchev–Trinajstić information content (AvgIpc) is 2.46. The number of carbonyl (C=O) groups is 2. The van der Waals surface area contributed by atoms with Gasteiger partial charge in [0.25, 0.3) is 0 Å². The zero-order valence-corrected chi connectivity index (χ0v) is 11.8. The van der Waals surface area contributed by atoms with Crippen LogP contribution in [0, 0.1) is 0 Å². The van der Waals surface area contributed by atoms with E-state index in [4.69, 9.17) is 14.6 Å². The van der Waals surface area contributed by atoms with E-state index in [0.717, 1.165) is 11.6 Å². The first kappa shape index (κ1) is 16.5. The Balaban J connectivity index is 2.27. The molecular weight excluding hydrogens is 272 g/mol. The highest BCUT2D eigenvalue weighted by Gasteiger charge is 1.97. The van der Waals surface area contributed by atoms with Gasteiger partial charge in [0.15, 0.2) is 0 Å². The van der Waals surface area contributed by atoms with Gasteiger partial charge in [-0.3, -0.25) is 0 Å². The minimum atomic E-state index is -0.984. The number of esters is 1. The van der Waals surface area contributed by atoms with E-state index in [2.05, 4.69) is 0 Å². The number of hydrogen-bond donors (Lipinski definition) is 1. The Hall–Kier alpha value is -2.56. The van der Waals surface area contributed by atoms with E-state index in [1.165, 1.54) is 12.2 Å². The van der Waals surface area contributed by atoms with Gasteiger partial charge in [0.2, 0.25) is 0 Å². The number of ether oxygens (including phenoxy) is 2. The van der Waals surface area contributed by atoms with E-state index in [1.807, 2.05) is 0 Å². The lowest BCUT2D eigenvalue weighted by molar-refractivity contribution is -0.138. The molecule has 0 unspecified atom stereocenters. The summed E-state index contributed by atoms with van der Waals surface area (Å²) < 4.78 is 10.4. The third-order valence-corrected chi connectivity index (χ3v) is 2.40. The molecule has 0 aromatic heterocycles. The first-order chi connectivity index (χ1) is 10.1. The van der Waals surface area contributed by atoms with Crippen molar-refractivity contribution in [3.8, 4) is 5.75 Å². The van der Waals surface area contributed by atoms with E-state index >= 15 is 0 Å². The molecule has 112 valence electrons. The molecule has 0 radical (unpaired) electrons. The Morgan fingerprint density at radius 3 is 2.48 bits per heavy atom. The molecule has 0 amide bonds. The molecule has 0 fully saturated rings. The smallest absolute Gasteiger partial charge is 0.330 e. The van der Waals surface area contributed by atoms with Crippen LogP contribution in [0.3, 0.4) is 0 Å². The first-order valence-corrected chi connectivity index (χ1v) is 6.55. The number of carboxylic acids is 1. The normalized spacial score (nSPS) is 10.9. The predicted octanol–water partition coefficient (Wildman–Crippen LogP) is 2.67. The minimum absolute atomic E-state index is 0.308. The topological polar surface area (TPSA) is 72.8 Å². The van der Waals surface area contributed by atoms with Gasteiger partial charge in [-0.1, -0.05) is 18.2 Å². The Morgan fingerprint density at radius 2 is 1.86 bits per heavy atom.